The molecule has 0 bridgehead atoms. The van der Waals surface area contributed by atoms with Gasteiger partial charge in [-0.1, -0.05) is 6.07 Å². The fourth-order valence-corrected chi connectivity index (χ4v) is 2.13. The number of halogens is 2. The second kappa shape index (κ2) is 3.55. The van der Waals surface area contributed by atoms with E-state index in [0.29, 0.717) is 0 Å². The SMILES string of the molecule is Cc1ccc(I)c(C#N)c1Br. The number of rotatable bonds is 0. The maximum atomic E-state index is 8.74. The average molecular weight is 322 g/mol. The van der Waals surface area contributed by atoms with Gasteiger partial charge in [-0.25, -0.2) is 0 Å². The molecule has 0 unspecified atom stereocenters. The Morgan fingerprint density at radius 3 is 2.64 bits per heavy atom. The Balaban J connectivity index is 3.44. The Morgan fingerprint density at radius 1 is 1.55 bits per heavy atom. The summed E-state index contributed by atoms with van der Waals surface area (Å²) in [6.07, 6.45) is 0. The fourth-order valence-electron chi connectivity index (χ4n) is 0.759. The molecule has 1 nitrogen and oxygen atoms in total. The summed E-state index contributed by atoms with van der Waals surface area (Å²) >= 11 is 5.51. The van der Waals surface area contributed by atoms with Crippen molar-refractivity contribution in [3.8, 4) is 6.07 Å². The number of benzene rings is 1. The molecule has 1 aromatic carbocycles. The zero-order valence-electron chi connectivity index (χ0n) is 5.86. The van der Waals surface area contributed by atoms with Crippen molar-refractivity contribution in [1.29, 1.82) is 5.26 Å². The molecule has 0 aromatic heterocycles. The van der Waals surface area contributed by atoms with Gasteiger partial charge in [0.1, 0.15) is 6.07 Å². The van der Waals surface area contributed by atoms with Gasteiger partial charge in [0.25, 0.3) is 0 Å². The molecule has 0 aliphatic heterocycles. The Morgan fingerprint density at radius 2 is 2.18 bits per heavy atom. The van der Waals surface area contributed by atoms with Crippen molar-refractivity contribution in [2.24, 2.45) is 0 Å². The lowest BCUT2D eigenvalue weighted by Gasteiger charge is -2.01. The van der Waals surface area contributed by atoms with E-state index >= 15 is 0 Å². The molecule has 0 N–H and O–H groups in total. The topological polar surface area (TPSA) is 23.8 Å². The molecule has 0 fully saturated rings. The molecule has 0 saturated carbocycles. The highest BCUT2D eigenvalue weighted by molar-refractivity contribution is 14.1. The molecule has 1 rings (SSSR count). The third-order valence-corrected chi connectivity index (χ3v) is 3.32. The van der Waals surface area contributed by atoms with Gasteiger partial charge in [-0.05, 0) is 57.1 Å². The maximum absolute atomic E-state index is 8.74. The van der Waals surface area contributed by atoms with Crippen molar-refractivity contribution >= 4 is 38.5 Å². The molecule has 0 aliphatic carbocycles. The van der Waals surface area contributed by atoms with Crippen LogP contribution in [0.3, 0.4) is 0 Å². The summed E-state index contributed by atoms with van der Waals surface area (Å²) in [5, 5.41) is 8.74. The number of aryl methyl sites for hydroxylation is 1. The normalized spacial score (nSPS) is 9.27. The predicted molar refractivity (Wildman–Crippen MR) is 56.3 cm³/mol. The molecule has 0 spiro atoms. The van der Waals surface area contributed by atoms with E-state index in [1.54, 1.807) is 0 Å². The highest BCUT2D eigenvalue weighted by atomic mass is 127. The van der Waals surface area contributed by atoms with Gasteiger partial charge in [0.05, 0.1) is 5.56 Å². The van der Waals surface area contributed by atoms with Crippen molar-refractivity contribution in [1.82, 2.24) is 0 Å². The van der Waals surface area contributed by atoms with Crippen molar-refractivity contribution in [2.75, 3.05) is 0 Å². The minimum Gasteiger partial charge on any atom is -0.192 e. The largest absolute Gasteiger partial charge is 0.192 e. The van der Waals surface area contributed by atoms with Crippen LogP contribution in [0.25, 0.3) is 0 Å². The van der Waals surface area contributed by atoms with Gasteiger partial charge >= 0.3 is 0 Å². The summed E-state index contributed by atoms with van der Waals surface area (Å²) in [5.41, 5.74) is 1.83. The molecule has 56 valence electrons. The first-order valence-corrected chi connectivity index (χ1v) is 4.88. The van der Waals surface area contributed by atoms with Gasteiger partial charge in [-0.15, -0.1) is 0 Å². The minimum absolute atomic E-state index is 0.727. The van der Waals surface area contributed by atoms with Gasteiger partial charge in [-0.3, -0.25) is 0 Å². The number of hydrogen-bond donors (Lipinski definition) is 0. The lowest BCUT2D eigenvalue weighted by Crippen LogP contribution is -1.86. The van der Waals surface area contributed by atoms with E-state index in [2.05, 4.69) is 44.6 Å². The van der Waals surface area contributed by atoms with Crippen molar-refractivity contribution in [3.63, 3.8) is 0 Å². The first-order valence-electron chi connectivity index (χ1n) is 3.01. The van der Waals surface area contributed by atoms with Gasteiger partial charge in [0, 0.05) is 8.04 Å². The first-order chi connectivity index (χ1) is 5.16. The van der Waals surface area contributed by atoms with Crippen LogP contribution < -0.4 is 0 Å². The minimum atomic E-state index is 0.727. The summed E-state index contributed by atoms with van der Waals surface area (Å²) in [6.45, 7) is 1.97. The smallest absolute Gasteiger partial charge is 0.101 e. The van der Waals surface area contributed by atoms with E-state index in [9.17, 15) is 0 Å². The van der Waals surface area contributed by atoms with Crippen LogP contribution in [0.4, 0.5) is 0 Å². The first kappa shape index (κ1) is 9.01. The van der Waals surface area contributed by atoms with E-state index in [0.717, 1.165) is 19.2 Å². The third kappa shape index (κ3) is 1.74. The highest BCUT2D eigenvalue weighted by Crippen LogP contribution is 2.24. The molecule has 0 aliphatic rings. The van der Waals surface area contributed by atoms with Gasteiger partial charge in [-0.2, -0.15) is 5.26 Å². The summed E-state index contributed by atoms with van der Waals surface area (Å²) in [5.74, 6) is 0. The zero-order chi connectivity index (χ0) is 8.43. The Bertz CT molecular complexity index is 328. The Labute approximate surface area is 87.7 Å². The summed E-state index contributed by atoms with van der Waals surface area (Å²) in [6, 6.07) is 6.09. The van der Waals surface area contributed by atoms with Crippen LogP contribution in [-0.4, -0.2) is 0 Å². The molecular weight excluding hydrogens is 317 g/mol. The lowest BCUT2D eigenvalue weighted by molar-refractivity contribution is 1.36. The van der Waals surface area contributed by atoms with E-state index in [1.165, 1.54) is 0 Å². The summed E-state index contributed by atoms with van der Waals surface area (Å²) < 4.78 is 1.90. The predicted octanol–water partition coefficient (Wildman–Crippen LogP) is 3.23. The van der Waals surface area contributed by atoms with Crippen LogP contribution in [0.5, 0.6) is 0 Å². The molecule has 0 saturated heterocycles. The van der Waals surface area contributed by atoms with Gasteiger partial charge in [0.15, 0.2) is 0 Å². The highest BCUT2D eigenvalue weighted by Gasteiger charge is 2.05. The van der Waals surface area contributed by atoms with E-state index < -0.39 is 0 Å². The number of nitriles is 1. The molecule has 0 atom stereocenters. The van der Waals surface area contributed by atoms with Crippen molar-refractivity contribution in [2.45, 2.75) is 6.92 Å². The lowest BCUT2D eigenvalue weighted by atomic mass is 10.2. The molecular formula is C8H5BrIN. The van der Waals surface area contributed by atoms with Crippen LogP contribution in [-0.2, 0) is 0 Å². The second-order valence-corrected chi connectivity index (χ2v) is 4.12. The maximum Gasteiger partial charge on any atom is 0.101 e. The van der Waals surface area contributed by atoms with E-state index in [1.807, 2.05) is 19.1 Å². The Kier molecular flexibility index (Phi) is 2.90. The van der Waals surface area contributed by atoms with Crippen LogP contribution in [0.2, 0.25) is 0 Å². The summed E-state index contributed by atoms with van der Waals surface area (Å²) in [7, 11) is 0. The molecule has 3 heteroatoms. The van der Waals surface area contributed by atoms with Gasteiger partial charge < -0.3 is 0 Å². The quantitative estimate of drug-likeness (QED) is 0.673. The number of hydrogen-bond acceptors (Lipinski definition) is 1. The molecule has 0 heterocycles. The fraction of sp³-hybridized carbons (Fsp3) is 0.125. The average Bonchev–Trinajstić information content (AvgIpc) is 1.99. The van der Waals surface area contributed by atoms with Crippen molar-refractivity contribution in [3.05, 3.63) is 31.3 Å². The molecule has 11 heavy (non-hydrogen) atoms. The van der Waals surface area contributed by atoms with Crippen LogP contribution in [0.15, 0.2) is 16.6 Å². The van der Waals surface area contributed by atoms with Crippen LogP contribution in [0, 0.1) is 21.8 Å². The zero-order valence-corrected chi connectivity index (χ0v) is 9.60. The monoisotopic (exact) mass is 321 g/mol. The molecule has 1 aromatic rings. The second-order valence-electron chi connectivity index (χ2n) is 2.17. The number of nitrogens with zero attached hydrogens (tertiary/aromatic N) is 1. The van der Waals surface area contributed by atoms with Crippen LogP contribution >= 0.6 is 38.5 Å². The summed E-state index contributed by atoms with van der Waals surface area (Å²) in [4.78, 5) is 0. The molecule has 0 amide bonds. The van der Waals surface area contributed by atoms with Gasteiger partial charge in [0.2, 0.25) is 0 Å². The van der Waals surface area contributed by atoms with E-state index in [4.69, 9.17) is 5.26 Å². The molecule has 0 radical (unpaired) electrons. The van der Waals surface area contributed by atoms with Crippen LogP contribution in [0.1, 0.15) is 11.1 Å². The van der Waals surface area contributed by atoms with E-state index in [-0.39, 0.29) is 0 Å². The van der Waals surface area contributed by atoms with Crippen molar-refractivity contribution < 1.29 is 0 Å². The third-order valence-electron chi connectivity index (χ3n) is 1.40. The standard InChI is InChI=1S/C8H5BrIN/c1-5-2-3-7(10)6(4-11)8(5)9/h2-3H,1H3. The Hall–Kier alpha value is -0.0800.